The van der Waals surface area contributed by atoms with Crippen molar-refractivity contribution in [3.05, 3.63) is 24.0 Å². The van der Waals surface area contributed by atoms with E-state index in [1.165, 1.54) is 12.8 Å². The van der Waals surface area contributed by atoms with E-state index < -0.39 is 0 Å². The molecule has 2 N–H and O–H groups in total. The fourth-order valence-corrected chi connectivity index (χ4v) is 2.31. The molecule has 0 spiro atoms. The largest absolute Gasteiger partial charge is 0.376 e. The Hall–Kier alpha value is -1.13. The number of rotatable bonds is 5. The Morgan fingerprint density at radius 1 is 1.56 bits per heavy atom. The summed E-state index contributed by atoms with van der Waals surface area (Å²) in [6.07, 6.45) is 4.64. The molecule has 0 aliphatic carbocycles. The first-order chi connectivity index (χ1) is 8.70. The Morgan fingerprint density at radius 2 is 2.39 bits per heavy atom. The van der Waals surface area contributed by atoms with Crippen molar-refractivity contribution in [2.45, 2.75) is 38.8 Å². The molecule has 1 fully saturated rings. The number of hydrogen-bond donors (Lipinski definition) is 1. The fraction of sp³-hybridized carbons (Fsp3) is 0.643. The highest BCUT2D eigenvalue weighted by Gasteiger charge is 2.18. The zero-order chi connectivity index (χ0) is 13.0. The molecule has 2 heterocycles. The summed E-state index contributed by atoms with van der Waals surface area (Å²) in [5.74, 6) is 0. The van der Waals surface area contributed by atoms with E-state index in [0.29, 0.717) is 6.10 Å². The van der Waals surface area contributed by atoms with Gasteiger partial charge in [-0.2, -0.15) is 0 Å². The van der Waals surface area contributed by atoms with Crippen molar-refractivity contribution in [3.8, 4) is 0 Å². The topological polar surface area (TPSA) is 51.4 Å². The molecular weight excluding hydrogens is 226 g/mol. The second kappa shape index (κ2) is 6.16. The number of nitrogens with zero attached hydrogens (tertiary/aromatic N) is 2. The minimum Gasteiger partial charge on any atom is -0.376 e. The van der Waals surface area contributed by atoms with Crippen LogP contribution in [0.4, 0.5) is 5.69 Å². The van der Waals surface area contributed by atoms with Gasteiger partial charge in [0, 0.05) is 25.7 Å². The van der Waals surface area contributed by atoms with Crippen molar-refractivity contribution in [2.75, 3.05) is 24.6 Å². The summed E-state index contributed by atoms with van der Waals surface area (Å²) < 4.78 is 5.69. The van der Waals surface area contributed by atoms with Crippen LogP contribution in [0.1, 0.15) is 38.4 Å². The highest BCUT2D eigenvalue weighted by Crippen LogP contribution is 2.19. The first-order valence-electron chi connectivity index (χ1n) is 6.78. The van der Waals surface area contributed by atoms with Crippen LogP contribution in [0.5, 0.6) is 0 Å². The van der Waals surface area contributed by atoms with Crippen LogP contribution >= 0.6 is 0 Å². The van der Waals surface area contributed by atoms with Crippen molar-refractivity contribution in [1.29, 1.82) is 0 Å². The lowest BCUT2D eigenvalue weighted by atomic mass is 10.2. The van der Waals surface area contributed by atoms with E-state index in [9.17, 15) is 0 Å². The normalized spacial score (nSPS) is 20.9. The number of hydrogen-bond acceptors (Lipinski definition) is 4. The average Bonchev–Trinajstić information content (AvgIpc) is 2.89. The van der Waals surface area contributed by atoms with Crippen molar-refractivity contribution >= 4 is 5.69 Å². The minimum absolute atomic E-state index is 0.00714. The predicted octanol–water partition coefficient (Wildman–Crippen LogP) is 2.11. The van der Waals surface area contributed by atoms with E-state index in [2.05, 4.69) is 22.9 Å². The third-order valence-electron chi connectivity index (χ3n) is 3.43. The number of pyridine rings is 1. The number of likely N-dealkylation sites (N-methyl/N-ethyl adjacent to an activating group) is 1. The third kappa shape index (κ3) is 3.21. The summed E-state index contributed by atoms with van der Waals surface area (Å²) in [6, 6.07) is 4.11. The molecular formula is C14H23N3O. The molecule has 1 aliphatic heterocycles. The number of aromatic nitrogens is 1. The summed E-state index contributed by atoms with van der Waals surface area (Å²) in [4.78, 5) is 6.73. The first kappa shape index (κ1) is 13.3. The van der Waals surface area contributed by atoms with Crippen LogP contribution in [0.2, 0.25) is 0 Å². The van der Waals surface area contributed by atoms with Gasteiger partial charge in [0.25, 0.3) is 0 Å². The quantitative estimate of drug-likeness (QED) is 0.868. The smallest absolute Gasteiger partial charge is 0.0750 e. The summed E-state index contributed by atoms with van der Waals surface area (Å²) in [5, 5.41) is 0. The van der Waals surface area contributed by atoms with Gasteiger partial charge in [0.05, 0.1) is 23.7 Å². The second-order valence-corrected chi connectivity index (χ2v) is 4.90. The van der Waals surface area contributed by atoms with Crippen LogP contribution < -0.4 is 10.6 Å². The standard InChI is InChI=1S/C14H23N3O/c1-3-17(10-13-5-4-8-18-13)12-6-7-14(11(2)15)16-9-12/h6-7,9,11,13H,3-5,8,10,15H2,1-2H3/t11-,13?/m1/s1. The van der Waals surface area contributed by atoms with E-state index in [1.54, 1.807) is 0 Å². The SMILES string of the molecule is CCN(CC1CCCO1)c1ccc([C@@H](C)N)nc1. The Labute approximate surface area is 109 Å². The van der Waals surface area contributed by atoms with Gasteiger partial charge >= 0.3 is 0 Å². The van der Waals surface area contributed by atoms with Crippen LogP contribution in [0, 0.1) is 0 Å². The van der Waals surface area contributed by atoms with Gasteiger partial charge in [-0.05, 0) is 38.8 Å². The Balaban J connectivity index is 2.02. The lowest BCUT2D eigenvalue weighted by Crippen LogP contribution is -2.32. The highest BCUT2D eigenvalue weighted by molar-refractivity contribution is 5.44. The Kier molecular flexibility index (Phi) is 4.55. The second-order valence-electron chi connectivity index (χ2n) is 4.90. The summed E-state index contributed by atoms with van der Waals surface area (Å²) in [6.45, 7) is 6.94. The van der Waals surface area contributed by atoms with Crippen molar-refractivity contribution in [1.82, 2.24) is 4.98 Å². The Bertz CT molecular complexity index is 358. The molecule has 0 radical (unpaired) electrons. The monoisotopic (exact) mass is 249 g/mol. The zero-order valence-electron chi connectivity index (χ0n) is 11.3. The van der Waals surface area contributed by atoms with Crippen LogP contribution in [-0.4, -0.2) is 30.8 Å². The molecule has 2 rings (SSSR count). The van der Waals surface area contributed by atoms with Crippen molar-refractivity contribution < 1.29 is 4.74 Å². The third-order valence-corrected chi connectivity index (χ3v) is 3.43. The molecule has 4 nitrogen and oxygen atoms in total. The number of anilines is 1. The van der Waals surface area contributed by atoms with Crippen LogP contribution in [0.3, 0.4) is 0 Å². The highest BCUT2D eigenvalue weighted by atomic mass is 16.5. The maximum absolute atomic E-state index is 5.81. The molecule has 18 heavy (non-hydrogen) atoms. The van der Waals surface area contributed by atoms with Crippen molar-refractivity contribution in [2.24, 2.45) is 5.73 Å². The van der Waals surface area contributed by atoms with Gasteiger partial charge in [0.1, 0.15) is 0 Å². The zero-order valence-corrected chi connectivity index (χ0v) is 11.3. The van der Waals surface area contributed by atoms with Gasteiger partial charge in [-0.25, -0.2) is 0 Å². The van der Waals surface area contributed by atoms with Gasteiger partial charge in [-0.3, -0.25) is 4.98 Å². The van der Waals surface area contributed by atoms with Gasteiger partial charge in [0.2, 0.25) is 0 Å². The molecule has 100 valence electrons. The van der Waals surface area contributed by atoms with Gasteiger partial charge in [-0.15, -0.1) is 0 Å². The molecule has 1 aromatic rings. The molecule has 1 saturated heterocycles. The number of nitrogens with two attached hydrogens (primary N) is 1. The maximum Gasteiger partial charge on any atom is 0.0750 e. The summed E-state index contributed by atoms with van der Waals surface area (Å²) in [7, 11) is 0. The first-order valence-corrected chi connectivity index (χ1v) is 6.78. The predicted molar refractivity (Wildman–Crippen MR) is 73.7 cm³/mol. The molecule has 4 heteroatoms. The molecule has 1 aromatic heterocycles. The lowest BCUT2D eigenvalue weighted by Gasteiger charge is -2.26. The molecule has 1 unspecified atom stereocenters. The lowest BCUT2D eigenvalue weighted by molar-refractivity contribution is 0.115. The van der Waals surface area contributed by atoms with E-state index in [-0.39, 0.29) is 6.04 Å². The van der Waals surface area contributed by atoms with Crippen LogP contribution in [0.15, 0.2) is 18.3 Å². The fourth-order valence-electron chi connectivity index (χ4n) is 2.31. The molecule has 2 atom stereocenters. The van der Waals surface area contributed by atoms with Gasteiger partial charge < -0.3 is 15.4 Å². The van der Waals surface area contributed by atoms with Crippen molar-refractivity contribution in [3.63, 3.8) is 0 Å². The molecule has 0 saturated carbocycles. The van der Waals surface area contributed by atoms with Crippen LogP contribution in [-0.2, 0) is 4.74 Å². The Morgan fingerprint density at radius 3 is 2.89 bits per heavy atom. The van der Waals surface area contributed by atoms with E-state index in [1.807, 2.05) is 19.2 Å². The summed E-state index contributed by atoms with van der Waals surface area (Å²) in [5.41, 5.74) is 7.90. The average molecular weight is 249 g/mol. The molecule has 0 aromatic carbocycles. The summed E-state index contributed by atoms with van der Waals surface area (Å²) >= 11 is 0. The van der Waals surface area contributed by atoms with Gasteiger partial charge in [-0.1, -0.05) is 0 Å². The molecule has 0 bridgehead atoms. The van der Waals surface area contributed by atoms with E-state index in [4.69, 9.17) is 10.5 Å². The minimum atomic E-state index is -0.00714. The number of ether oxygens (including phenoxy) is 1. The van der Waals surface area contributed by atoms with Gasteiger partial charge in [0.15, 0.2) is 0 Å². The molecule has 1 aliphatic rings. The van der Waals surface area contributed by atoms with Crippen LogP contribution in [0.25, 0.3) is 0 Å². The van der Waals surface area contributed by atoms with E-state index >= 15 is 0 Å². The maximum atomic E-state index is 5.81. The van der Waals surface area contributed by atoms with E-state index in [0.717, 1.165) is 31.1 Å². The molecule has 0 amide bonds.